The van der Waals surface area contributed by atoms with Gasteiger partial charge in [-0.3, -0.25) is 4.99 Å². The number of aromatic nitrogens is 1. The molecule has 0 saturated heterocycles. The van der Waals surface area contributed by atoms with Gasteiger partial charge in [0.25, 0.3) is 0 Å². The van der Waals surface area contributed by atoms with Crippen LogP contribution in [0.15, 0.2) is 29.4 Å². The largest absolute Gasteiger partial charge is 0.370 e. The molecule has 0 saturated carbocycles. The zero-order valence-corrected chi connectivity index (χ0v) is 13.9. The highest BCUT2D eigenvalue weighted by Gasteiger charge is 2.12. The van der Waals surface area contributed by atoms with Gasteiger partial charge in [0.05, 0.1) is 12.3 Å². The minimum Gasteiger partial charge on any atom is -0.370 e. The summed E-state index contributed by atoms with van der Waals surface area (Å²) in [6, 6.07) is 5.32. The molecule has 0 aliphatic rings. The second-order valence-electron chi connectivity index (χ2n) is 3.71. The van der Waals surface area contributed by atoms with Crippen molar-refractivity contribution in [2.24, 2.45) is 10.7 Å². The molecule has 0 fully saturated rings. The van der Waals surface area contributed by atoms with E-state index in [9.17, 15) is 8.42 Å². The fraction of sp³-hybridized carbons (Fsp3) is 0.400. The standard InChI is InChI=1S/C10H17N5O2S.HI/c1-15(2)18(16,17)8-7-13-10(11)14-9-5-3-4-6-12-9;/h3-6H,7-8H2,1-2H3,(H3,11,12,13,14);1H. The van der Waals surface area contributed by atoms with Gasteiger partial charge >= 0.3 is 0 Å². The Morgan fingerprint density at radius 1 is 1.47 bits per heavy atom. The molecule has 0 aliphatic heterocycles. The predicted molar refractivity (Wildman–Crippen MR) is 87.2 cm³/mol. The van der Waals surface area contributed by atoms with Crippen molar-refractivity contribution >= 4 is 45.8 Å². The first-order chi connectivity index (χ1) is 8.42. The molecular weight excluding hydrogens is 381 g/mol. The monoisotopic (exact) mass is 399 g/mol. The highest BCUT2D eigenvalue weighted by atomic mass is 127. The van der Waals surface area contributed by atoms with Crippen LogP contribution >= 0.6 is 24.0 Å². The Labute approximate surface area is 130 Å². The van der Waals surface area contributed by atoms with Crippen LogP contribution in [0.2, 0.25) is 0 Å². The topological polar surface area (TPSA) is 101 Å². The van der Waals surface area contributed by atoms with Gasteiger partial charge in [0, 0.05) is 20.3 Å². The first-order valence-corrected chi connectivity index (χ1v) is 6.91. The summed E-state index contributed by atoms with van der Waals surface area (Å²) in [6.45, 7) is 0.103. The lowest BCUT2D eigenvalue weighted by atomic mass is 10.5. The minimum atomic E-state index is -3.24. The summed E-state index contributed by atoms with van der Waals surface area (Å²) < 4.78 is 24.1. The van der Waals surface area contributed by atoms with Gasteiger partial charge in [0.1, 0.15) is 5.82 Å². The third-order valence-corrected chi connectivity index (χ3v) is 3.92. The Hall–Kier alpha value is -0.940. The van der Waals surface area contributed by atoms with Gasteiger partial charge in [-0.15, -0.1) is 24.0 Å². The maximum atomic E-state index is 11.5. The van der Waals surface area contributed by atoms with E-state index in [2.05, 4.69) is 15.3 Å². The van der Waals surface area contributed by atoms with E-state index >= 15 is 0 Å². The van der Waals surface area contributed by atoms with Crippen LogP contribution in [0.1, 0.15) is 0 Å². The zero-order valence-electron chi connectivity index (χ0n) is 10.8. The predicted octanol–water partition coefficient (Wildman–Crippen LogP) is 0.318. The summed E-state index contributed by atoms with van der Waals surface area (Å²) in [6.07, 6.45) is 1.62. The van der Waals surface area contributed by atoms with Crippen molar-refractivity contribution in [2.45, 2.75) is 0 Å². The highest BCUT2D eigenvalue weighted by molar-refractivity contribution is 14.0. The Morgan fingerprint density at radius 2 is 2.16 bits per heavy atom. The van der Waals surface area contributed by atoms with E-state index in [0.717, 1.165) is 4.31 Å². The molecule has 0 aromatic carbocycles. The van der Waals surface area contributed by atoms with E-state index in [1.54, 1.807) is 24.4 Å². The molecule has 0 radical (unpaired) electrons. The third-order valence-electron chi connectivity index (χ3n) is 2.11. The lowest BCUT2D eigenvalue weighted by Crippen LogP contribution is -2.28. The smallest absolute Gasteiger partial charge is 0.215 e. The molecule has 108 valence electrons. The lowest BCUT2D eigenvalue weighted by molar-refractivity contribution is 0.521. The highest BCUT2D eigenvalue weighted by Crippen LogP contribution is 1.99. The van der Waals surface area contributed by atoms with Gasteiger partial charge in [-0.2, -0.15) is 0 Å². The van der Waals surface area contributed by atoms with Crippen LogP contribution in [0, 0.1) is 0 Å². The Bertz CT molecular complexity index is 504. The maximum absolute atomic E-state index is 11.5. The van der Waals surface area contributed by atoms with Gasteiger partial charge in [0.2, 0.25) is 10.0 Å². The van der Waals surface area contributed by atoms with Crippen molar-refractivity contribution in [1.82, 2.24) is 9.29 Å². The van der Waals surface area contributed by atoms with Crippen LogP contribution in [0.25, 0.3) is 0 Å². The van der Waals surface area contributed by atoms with E-state index in [-0.39, 0.29) is 42.2 Å². The first-order valence-electron chi connectivity index (χ1n) is 5.30. The molecule has 1 heterocycles. The number of guanidine groups is 1. The van der Waals surface area contributed by atoms with Crippen LogP contribution in [0.5, 0.6) is 0 Å². The molecule has 19 heavy (non-hydrogen) atoms. The summed E-state index contributed by atoms with van der Waals surface area (Å²) in [7, 11) is -0.278. The number of anilines is 1. The molecule has 7 nitrogen and oxygen atoms in total. The van der Waals surface area contributed by atoms with Crippen molar-refractivity contribution in [3.63, 3.8) is 0 Å². The van der Waals surface area contributed by atoms with Crippen molar-refractivity contribution in [2.75, 3.05) is 31.7 Å². The summed E-state index contributed by atoms with van der Waals surface area (Å²) in [5.74, 6) is 0.627. The molecule has 0 amide bonds. The zero-order chi connectivity index (χ0) is 13.6. The summed E-state index contributed by atoms with van der Waals surface area (Å²) in [5.41, 5.74) is 5.60. The quantitative estimate of drug-likeness (QED) is 0.422. The van der Waals surface area contributed by atoms with Gasteiger partial charge < -0.3 is 11.1 Å². The first kappa shape index (κ1) is 18.1. The second-order valence-corrected chi connectivity index (χ2v) is 6.01. The van der Waals surface area contributed by atoms with E-state index in [4.69, 9.17) is 5.73 Å². The van der Waals surface area contributed by atoms with Gasteiger partial charge in [-0.05, 0) is 12.1 Å². The van der Waals surface area contributed by atoms with Crippen LogP contribution in [0.3, 0.4) is 0 Å². The molecule has 0 aliphatic carbocycles. The number of halogens is 1. The van der Waals surface area contributed by atoms with Crippen LogP contribution in [-0.2, 0) is 10.0 Å². The molecule has 0 atom stereocenters. The summed E-state index contributed by atoms with van der Waals surface area (Å²) in [5, 5.41) is 2.77. The Balaban J connectivity index is 0.00000324. The molecule has 1 aromatic heterocycles. The van der Waals surface area contributed by atoms with Crippen LogP contribution < -0.4 is 11.1 Å². The number of nitrogens with two attached hydrogens (primary N) is 1. The average molecular weight is 399 g/mol. The lowest BCUT2D eigenvalue weighted by Gasteiger charge is -2.09. The third kappa shape index (κ3) is 6.68. The van der Waals surface area contributed by atoms with Gasteiger partial charge in [-0.25, -0.2) is 17.7 Å². The SMILES string of the molecule is CN(C)S(=O)(=O)CCN=C(N)Nc1ccccn1.I. The fourth-order valence-corrected chi connectivity index (χ4v) is 1.76. The summed E-state index contributed by atoms with van der Waals surface area (Å²) >= 11 is 0. The molecule has 9 heteroatoms. The van der Waals surface area contributed by atoms with E-state index in [0.29, 0.717) is 5.82 Å². The number of aliphatic imine (C=N–C) groups is 1. The number of pyridine rings is 1. The van der Waals surface area contributed by atoms with Crippen molar-refractivity contribution < 1.29 is 8.42 Å². The molecule has 0 unspecified atom stereocenters. The van der Waals surface area contributed by atoms with Crippen molar-refractivity contribution in [3.8, 4) is 0 Å². The average Bonchev–Trinajstić information content (AvgIpc) is 2.29. The number of hydrogen-bond donors (Lipinski definition) is 2. The van der Waals surface area contributed by atoms with Crippen LogP contribution in [0.4, 0.5) is 5.82 Å². The maximum Gasteiger partial charge on any atom is 0.215 e. The number of nitrogens with one attached hydrogen (secondary N) is 1. The normalized spacial score (nSPS) is 12.1. The Kier molecular flexibility index (Phi) is 7.87. The van der Waals surface area contributed by atoms with E-state index < -0.39 is 10.0 Å². The van der Waals surface area contributed by atoms with Gasteiger partial charge in [0.15, 0.2) is 5.96 Å². The number of nitrogens with zero attached hydrogens (tertiary/aromatic N) is 3. The summed E-state index contributed by atoms with van der Waals surface area (Å²) in [4.78, 5) is 7.93. The molecule has 0 spiro atoms. The number of rotatable bonds is 5. The Morgan fingerprint density at radius 3 is 2.68 bits per heavy atom. The van der Waals surface area contributed by atoms with Crippen molar-refractivity contribution in [3.05, 3.63) is 24.4 Å². The van der Waals surface area contributed by atoms with E-state index in [1.165, 1.54) is 14.1 Å². The number of sulfonamides is 1. The minimum absolute atomic E-state index is 0. The number of hydrogen-bond acceptors (Lipinski definition) is 4. The fourth-order valence-electron chi connectivity index (χ4n) is 1.07. The molecule has 3 N–H and O–H groups in total. The second kappa shape index (κ2) is 8.27. The molecule has 1 rings (SSSR count). The van der Waals surface area contributed by atoms with Gasteiger partial charge in [-0.1, -0.05) is 6.07 Å². The molecule has 1 aromatic rings. The van der Waals surface area contributed by atoms with E-state index in [1.807, 2.05) is 0 Å². The van der Waals surface area contributed by atoms with Crippen molar-refractivity contribution in [1.29, 1.82) is 0 Å². The molecule has 0 bridgehead atoms. The molecular formula is C10H18IN5O2S. The van der Waals surface area contributed by atoms with Crippen LogP contribution in [-0.4, -0.2) is 50.1 Å².